The largest absolute Gasteiger partial charge is 0.481 e. The monoisotopic (exact) mass is 258 g/mol. The summed E-state index contributed by atoms with van der Waals surface area (Å²) in [6, 6.07) is -0.601. The summed E-state index contributed by atoms with van der Waals surface area (Å²) in [5, 5.41) is 13.5. The van der Waals surface area contributed by atoms with Crippen LogP contribution in [-0.2, 0) is 9.59 Å². The van der Waals surface area contributed by atoms with Crippen molar-refractivity contribution < 1.29 is 19.5 Å². The molecule has 0 heterocycles. The van der Waals surface area contributed by atoms with Crippen molar-refractivity contribution in [2.75, 3.05) is 6.54 Å². The second-order valence-electron chi connectivity index (χ2n) is 6.16. The lowest BCUT2D eigenvalue weighted by molar-refractivity contribution is -0.149. The SMILES string of the molecule is CC(C)(C)CNC(=O)NC(=O)CC(C)(C)C(=O)O. The van der Waals surface area contributed by atoms with Crippen LogP contribution < -0.4 is 10.6 Å². The number of urea groups is 1. The Balaban J connectivity index is 4.18. The van der Waals surface area contributed by atoms with Crippen LogP contribution >= 0.6 is 0 Å². The second kappa shape index (κ2) is 5.84. The average molecular weight is 258 g/mol. The first-order chi connectivity index (χ1) is 7.94. The lowest BCUT2D eigenvalue weighted by atomic mass is 9.89. The maximum absolute atomic E-state index is 11.5. The molecule has 6 nitrogen and oxygen atoms in total. The van der Waals surface area contributed by atoms with Crippen LogP contribution in [0.15, 0.2) is 0 Å². The Bertz CT molecular complexity index is 342. The summed E-state index contributed by atoms with van der Waals surface area (Å²) >= 11 is 0. The molecule has 0 bridgehead atoms. The Kier molecular flexibility index (Phi) is 5.32. The smallest absolute Gasteiger partial charge is 0.321 e. The molecule has 18 heavy (non-hydrogen) atoms. The van der Waals surface area contributed by atoms with Gasteiger partial charge in [-0.25, -0.2) is 4.79 Å². The summed E-state index contributed by atoms with van der Waals surface area (Å²) in [5.41, 5.74) is -1.27. The van der Waals surface area contributed by atoms with E-state index >= 15 is 0 Å². The Morgan fingerprint density at radius 1 is 1.06 bits per heavy atom. The minimum Gasteiger partial charge on any atom is -0.481 e. The quantitative estimate of drug-likeness (QED) is 0.709. The van der Waals surface area contributed by atoms with E-state index in [-0.39, 0.29) is 11.8 Å². The predicted molar refractivity (Wildman–Crippen MR) is 67.0 cm³/mol. The van der Waals surface area contributed by atoms with Crippen molar-refractivity contribution in [3.05, 3.63) is 0 Å². The molecule has 0 atom stereocenters. The molecule has 6 heteroatoms. The normalized spacial score (nSPS) is 11.8. The summed E-state index contributed by atoms with van der Waals surface area (Å²) in [7, 11) is 0. The number of aliphatic carboxylic acids is 1. The van der Waals surface area contributed by atoms with E-state index in [0.717, 1.165) is 0 Å². The van der Waals surface area contributed by atoms with Gasteiger partial charge in [-0.2, -0.15) is 0 Å². The molecule has 3 N–H and O–H groups in total. The first-order valence-electron chi connectivity index (χ1n) is 5.75. The number of carbonyl (C=O) groups is 3. The highest BCUT2D eigenvalue weighted by Gasteiger charge is 2.30. The Morgan fingerprint density at radius 3 is 1.94 bits per heavy atom. The summed E-state index contributed by atoms with van der Waals surface area (Å²) < 4.78 is 0. The van der Waals surface area contributed by atoms with Crippen LogP contribution in [-0.4, -0.2) is 29.6 Å². The van der Waals surface area contributed by atoms with Gasteiger partial charge in [-0.3, -0.25) is 14.9 Å². The highest BCUT2D eigenvalue weighted by Crippen LogP contribution is 2.19. The van der Waals surface area contributed by atoms with Crippen molar-refractivity contribution >= 4 is 17.9 Å². The van der Waals surface area contributed by atoms with Gasteiger partial charge in [0.1, 0.15) is 0 Å². The number of imide groups is 1. The van der Waals surface area contributed by atoms with Crippen LogP contribution in [0, 0.1) is 10.8 Å². The van der Waals surface area contributed by atoms with E-state index in [2.05, 4.69) is 10.6 Å². The van der Waals surface area contributed by atoms with Gasteiger partial charge in [-0.1, -0.05) is 20.8 Å². The molecular formula is C12H22N2O4. The Morgan fingerprint density at radius 2 is 1.56 bits per heavy atom. The van der Waals surface area contributed by atoms with Crippen molar-refractivity contribution in [3.63, 3.8) is 0 Å². The standard InChI is InChI=1S/C12H22N2O4/c1-11(2,3)7-13-10(18)14-8(15)6-12(4,5)9(16)17/h6-7H2,1-5H3,(H,16,17)(H2,13,14,15,18). The summed E-state index contributed by atoms with van der Waals surface area (Å²) in [4.78, 5) is 33.6. The molecule has 0 radical (unpaired) electrons. The van der Waals surface area contributed by atoms with Crippen LogP contribution in [0.1, 0.15) is 41.0 Å². The fraction of sp³-hybridized carbons (Fsp3) is 0.750. The van der Waals surface area contributed by atoms with Crippen molar-refractivity contribution in [2.45, 2.75) is 41.0 Å². The molecule has 0 rings (SSSR count). The van der Waals surface area contributed by atoms with E-state index in [1.165, 1.54) is 13.8 Å². The number of nitrogens with one attached hydrogen (secondary N) is 2. The molecule has 0 saturated carbocycles. The minimum absolute atomic E-state index is 0.0826. The molecule has 0 spiro atoms. The molecule has 0 unspecified atom stereocenters. The summed E-state index contributed by atoms with van der Waals surface area (Å²) in [6.07, 6.45) is -0.245. The van der Waals surface area contributed by atoms with Gasteiger partial charge in [0.25, 0.3) is 0 Å². The van der Waals surface area contributed by atoms with Gasteiger partial charge in [0.2, 0.25) is 5.91 Å². The third-order valence-electron chi connectivity index (χ3n) is 2.21. The van der Waals surface area contributed by atoms with E-state index in [1.807, 2.05) is 20.8 Å². The minimum atomic E-state index is -1.19. The molecule has 0 fully saturated rings. The van der Waals surface area contributed by atoms with Crippen molar-refractivity contribution in [1.29, 1.82) is 0 Å². The number of hydrogen-bond acceptors (Lipinski definition) is 3. The van der Waals surface area contributed by atoms with Gasteiger partial charge >= 0.3 is 12.0 Å². The number of amides is 3. The Hall–Kier alpha value is -1.59. The molecule has 0 aliphatic carbocycles. The highest BCUT2D eigenvalue weighted by molar-refractivity contribution is 5.96. The fourth-order valence-electron chi connectivity index (χ4n) is 1.04. The van der Waals surface area contributed by atoms with E-state index in [1.54, 1.807) is 0 Å². The highest BCUT2D eigenvalue weighted by atomic mass is 16.4. The zero-order valence-corrected chi connectivity index (χ0v) is 11.6. The average Bonchev–Trinajstić information content (AvgIpc) is 2.12. The second-order valence-corrected chi connectivity index (χ2v) is 6.16. The van der Waals surface area contributed by atoms with Crippen molar-refractivity contribution in [1.82, 2.24) is 10.6 Å². The van der Waals surface area contributed by atoms with Gasteiger partial charge in [-0.15, -0.1) is 0 Å². The molecule has 0 aromatic rings. The maximum Gasteiger partial charge on any atom is 0.321 e. The maximum atomic E-state index is 11.5. The van der Waals surface area contributed by atoms with E-state index in [4.69, 9.17) is 5.11 Å². The third kappa shape index (κ3) is 6.88. The molecular weight excluding hydrogens is 236 g/mol. The number of rotatable bonds is 4. The first kappa shape index (κ1) is 16.4. The van der Waals surface area contributed by atoms with Crippen LogP contribution in [0.3, 0.4) is 0 Å². The van der Waals surface area contributed by atoms with Crippen molar-refractivity contribution in [2.24, 2.45) is 10.8 Å². The summed E-state index contributed by atoms with van der Waals surface area (Å²) in [5.74, 6) is -1.68. The van der Waals surface area contributed by atoms with Crippen LogP contribution in [0.25, 0.3) is 0 Å². The molecule has 104 valence electrons. The Labute approximate surface area is 107 Å². The molecule has 3 amide bonds. The predicted octanol–water partition coefficient (Wildman–Crippen LogP) is 1.36. The lowest BCUT2D eigenvalue weighted by Crippen LogP contribution is -2.44. The van der Waals surface area contributed by atoms with Gasteiger partial charge in [-0.05, 0) is 19.3 Å². The number of carboxylic acids is 1. The number of hydrogen-bond donors (Lipinski definition) is 3. The van der Waals surface area contributed by atoms with Crippen molar-refractivity contribution in [3.8, 4) is 0 Å². The van der Waals surface area contributed by atoms with Crippen LogP contribution in [0.5, 0.6) is 0 Å². The number of carbonyl (C=O) groups excluding carboxylic acids is 2. The van der Waals surface area contributed by atoms with E-state index in [9.17, 15) is 14.4 Å². The van der Waals surface area contributed by atoms with Gasteiger partial charge in [0.15, 0.2) is 0 Å². The van der Waals surface area contributed by atoms with Gasteiger partial charge in [0.05, 0.1) is 5.41 Å². The summed E-state index contributed by atoms with van der Waals surface area (Å²) in [6.45, 7) is 9.13. The molecule has 0 aliphatic rings. The zero-order chi connectivity index (χ0) is 14.6. The molecule has 0 aromatic carbocycles. The first-order valence-corrected chi connectivity index (χ1v) is 5.75. The number of carboxylic acid groups (broad SMARTS) is 1. The van der Waals surface area contributed by atoms with E-state index < -0.39 is 23.3 Å². The van der Waals surface area contributed by atoms with Crippen LogP contribution in [0.4, 0.5) is 4.79 Å². The molecule has 0 saturated heterocycles. The third-order valence-corrected chi connectivity index (χ3v) is 2.21. The molecule has 0 aliphatic heterocycles. The van der Waals surface area contributed by atoms with Crippen LogP contribution in [0.2, 0.25) is 0 Å². The fourth-order valence-corrected chi connectivity index (χ4v) is 1.04. The lowest BCUT2D eigenvalue weighted by Gasteiger charge is -2.20. The zero-order valence-electron chi connectivity index (χ0n) is 11.6. The van der Waals surface area contributed by atoms with Gasteiger partial charge in [0, 0.05) is 13.0 Å². The topological polar surface area (TPSA) is 95.5 Å². The molecule has 0 aromatic heterocycles. The van der Waals surface area contributed by atoms with E-state index in [0.29, 0.717) is 6.54 Å². The van der Waals surface area contributed by atoms with Gasteiger partial charge < -0.3 is 10.4 Å².